The quantitative estimate of drug-likeness (QED) is 0.928. The van der Waals surface area contributed by atoms with E-state index in [1.165, 1.54) is 41.6 Å². The third-order valence-corrected chi connectivity index (χ3v) is 4.76. The fourth-order valence-electron chi connectivity index (χ4n) is 3.14. The second-order valence-electron chi connectivity index (χ2n) is 5.30. The summed E-state index contributed by atoms with van der Waals surface area (Å²) in [6.07, 6.45) is 5.63. The van der Waals surface area contributed by atoms with E-state index < -0.39 is 0 Å². The lowest BCUT2D eigenvalue weighted by molar-refractivity contribution is 0.561. The van der Waals surface area contributed by atoms with Gasteiger partial charge in [0.1, 0.15) is 0 Å². The second kappa shape index (κ2) is 5.70. The summed E-state index contributed by atoms with van der Waals surface area (Å²) in [5.74, 6) is 0. The summed E-state index contributed by atoms with van der Waals surface area (Å²) < 4.78 is 3.12. The van der Waals surface area contributed by atoms with E-state index in [-0.39, 0.29) is 6.04 Å². The zero-order chi connectivity index (χ0) is 14.1. The molecule has 3 rings (SSSR count). The molecule has 1 aliphatic rings. The molecule has 1 aromatic carbocycles. The van der Waals surface area contributed by atoms with Crippen LogP contribution in [-0.2, 0) is 19.4 Å². The largest absolute Gasteiger partial charge is 0.308 e. The molecule has 1 unspecified atom stereocenters. The molecule has 1 heterocycles. The highest BCUT2D eigenvalue weighted by atomic mass is 79.9. The average Bonchev–Trinajstić information content (AvgIpc) is 3.07. The van der Waals surface area contributed by atoms with Gasteiger partial charge in [0.25, 0.3) is 0 Å². The zero-order valence-corrected chi connectivity index (χ0v) is 13.6. The Morgan fingerprint density at radius 2 is 2.15 bits per heavy atom. The number of rotatable bonds is 4. The molecule has 1 aromatic heterocycles. The molecule has 0 radical (unpaired) electrons. The van der Waals surface area contributed by atoms with E-state index in [0.717, 1.165) is 11.0 Å². The van der Waals surface area contributed by atoms with Gasteiger partial charge in [0.2, 0.25) is 0 Å². The van der Waals surface area contributed by atoms with Crippen molar-refractivity contribution in [3.63, 3.8) is 0 Å². The number of nitrogens with zero attached hydrogens (tertiary/aromatic N) is 2. The Morgan fingerprint density at radius 1 is 1.35 bits per heavy atom. The molecule has 20 heavy (non-hydrogen) atoms. The highest BCUT2D eigenvalue weighted by Crippen LogP contribution is 2.31. The molecular formula is C16H20BrN3. The van der Waals surface area contributed by atoms with Crippen LogP contribution in [0.4, 0.5) is 0 Å². The van der Waals surface area contributed by atoms with Crippen molar-refractivity contribution in [2.45, 2.75) is 38.8 Å². The van der Waals surface area contributed by atoms with Gasteiger partial charge in [-0.3, -0.25) is 4.68 Å². The highest BCUT2D eigenvalue weighted by molar-refractivity contribution is 9.10. The molecule has 0 saturated heterocycles. The van der Waals surface area contributed by atoms with Crippen LogP contribution in [-0.4, -0.2) is 16.8 Å². The summed E-state index contributed by atoms with van der Waals surface area (Å²) in [6, 6.07) is 7.09. The first-order valence-electron chi connectivity index (χ1n) is 7.24. The molecule has 0 bridgehead atoms. The summed E-state index contributed by atoms with van der Waals surface area (Å²) in [6.45, 7) is 3.00. The molecule has 106 valence electrons. The van der Waals surface area contributed by atoms with Crippen LogP contribution in [0.2, 0.25) is 0 Å². The van der Waals surface area contributed by atoms with Gasteiger partial charge in [-0.05, 0) is 65.9 Å². The van der Waals surface area contributed by atoms with Gasteiger partial charge in [-0.1, -0.05) is 18.2 Å². The number of hydrogen-bond acceptors (Lipinski definition) is 2. The van der Waals surface area contributed by atoms with Crippen LogP contribution in [0.15, 0.2) is 28.9 Å². The lowest BCUT2D eigenvalue weighted by atomic mass is 9.99. The zero-order valence-electron chi connectivity index (χ0n) is 12.0. The number of aryl methyl sites for hydroxylation is 3. The van der Waals surface area contributed by atoms with Gasteiger partial charge in [-0.15, -0.1) is 0 Å². The van der Waals surface area contributed by atoms with Gasteiger partial charge >= 0.3 is 0 Å². The summed E-state index contributed by atoms with van der Waals surface area (Å²) in [4.78, 5) is 0. The number of fused-ring (bicyclic) bond motifs is 1. The predicted octanol–water partition coefficient (Wildman–Crippen LogP) is 3.46. The van der Waals surface area contributed by atoms with Crippen LogP contribution in [0.25, 0.3) is 0 Å². The molecular weight excluding hydrogens is 314 g/mol. The van der Waals surface area contributed by atoms with Crippen molar-refractivity contribution in [3.05, 3.63) is 51.3 Å². The van der Waals surface area contributed by atoms with Crippen molar-refractivity contribution in [2.75, 3.05) is 7.05 Å². The maximum absolute atomic E-state index is 4.43. The Labute approximate surface area is 128 Å². The van der Waals surface area contributed by atoms with Crippen molar-refractivity contribution in [2.24, 2.45) is 0 Å². The first-order valence-corrected chi connectivity index (χ1v) is 8.04. The SMILES string of the molecule is CCn1ncc(Br)c1C(NC)c1ccc2c(c1)CCC2. The minimum absolute atomic E-state index is 0.178. The first-order chi connectivity index (χ1) is 9.74. The Morgan fingerprint density at radius 3 is 2.90 bits per heavy atom. The average molecular weight is 334 g/mol. The maximum atomic E-state index is 4.43. The van der Waals surface area contributed by atoms with Crippen molar-refractivity contribution >= 4 is 15.9 Å². The Hall–Kier alpha value is -1.13. The van der Waals surface area contributed by atoms with Crippen LogP contribution in [0.3, 0.4) is 0 Å². The van der Waals surface area contributed by atoms with Gasteiger partial charge in [0, 0.05) is 6.54 Å². The molecule has 0 fully saturated rings. The van der Waals surface area contributed by atoms with Crippen LogP contribution >= 0.6 is 15.9 Å². The van der Waals surface area contributed by atoms with Gasteiger partial charge in [-0.25, -0.2) is 0 Å². The molecule has 1 N–H and O–H groups in total. The van der Waals surface area contributed by atoms with Crippen molar-refractivity contribution in [1.29, 1.82) is 0 Å². The molecule has 0 spiro atoms. The fourth-order valence-corrected chi connectivity index (χ4v) is 3.67. The van der Waals surface area contributed by atoms with E-state index in [9.17, 15) is 0 Å². The maximum Gasteiger partial charge on any atom is 0.0757 e. The molecule has 2 aromatic rings. The second-order valence-corrected chi connectivity index (χ2v) is 6.15. The van der Waals surface area contributed by atoms with E-state index in [2.05, 4.69) is 56.2 Å². The standard InChI is InChI=1S/C16H20BrN3/c1-3-20-16(14(17)10-19-20)15(18-2)13-8-7-11-5-4-6-12(11)9-13/h7-10,15,18H,3-6H2,1-2H3. The monoisotopic (exact) mass is 333 g/mol. The Bertz CT molecular complexity index is 618. The van der Waals surface area contributed by atoms with Crippen molar-refractivity contribution in [1.82, 2.24) is 15.1 Å². The first kappa shape index (κ1) is 13.8. The minimum atomic E-state index is 0.178. The third kappa shape index (κ3) is 2.31. The summed E-state index contributed by atoms with van der Waals surface area (Å²) in [5.41, 5.74) is 5.56. The van der Waals surface area contributed by atoms with Crippen molar-refractivity contribution < 1.29 is 0 Å². The normalized spacial score (nSPS) is 15.3. The van der Waals surface area contributed by atoms with E-state index in [1.54, 1.807) is 0 Å². The van der Waals surface area contributed by atoms with Crippen LogP contribution in [0.1, 0.15) is 41.8 Å². The number of nitrogens with one attached hydrogen (secondary N) is 1. The summed E-state index contributed by atoms with van der Waals surface area (Å²) in [7, 11) is 2.01. The molecule has 1 aliphatic carbocycles. The minimum Gasteiger partial charge on any atom is -0.308 e. The number of benzene rings is 1. The lowest BCUT2D eigenvalue weighted by Crippen LogP contribution is -2.22. The highest BCUT2D eigenvalue weighted by Gasteiger charge is 2.21. The molecule has 0 saturated carbocycles. The summed E-state index contributed by atoms with van der Waals surface area (Å²) >= 11 is 3.64. The van der Waals surface area contributed by atoms with E-state index in [0.29, 0.717) is 0 Å². The van der Waals surface area contributed by atoms with Crippen molar-refractivity contribution in [3.8, 4) is 0 Å². The molecule has 0 aliphatic heterocycles. The van der Waals surface area contributed by atoms with Crippen LogP contribution in [0, 0.1) is 0 Å². The molecule has 0 amide bonds. The summed E-state index contributed by atoms with van der Waals surface area (Å²) in [5, 5.41) is 7.87. The molecule has 4 heteroatoms. The number of hydrogen-bond donors (Lipinski definition) is 1. The van der Waals surface area contributed by atoms with Crippen LogP contribution < -0.4 is 5.32 Å². The van der Waals surface area contributed by atoms with Gasteiger partial charge in [0.05, 0.1) is 22.4 Å². The van der Waals surface area contributed by atoms with E-state index in [1.807, 2.05) is 13.2 Å². The third-order valence-electron chi connectivity index (χ3n) is 4.15. The fraction of sp³-hybridized carbons (Fsp3) is 0.438. The van der Waals surface area contributed by atoms with Gasteiger partial charge in [0.15, 0.2) is 0 Å². The number of aromatic nitrogens is 2. The Kier molecular flexibility index (Phi) is 3.94. The smallest absolute Gasteiger partial charge is 0.0757 e. The van der Waals surface area contributed by atoms with Gasteiger partial charge in [-0.2, -0.15) is 5.10 Å². The van der Waals surface area contributed by atoms with E-state index >= 15 is 0 Å². The van der Waals surface area contributed by atoms with Gasteiger partial charge < -0.3 is 5.32 Å². The van der Waals surface area contributed by atoms with E-state index in [4.69, 9.17) is 0 Å². The predicted molar refractivity (Wildman–Crippen MR) is 85.0 cm³/mol. The molecule has 3 nitrogen and oxygen atoms in total. The van der Waals surface area contributed by atoms with Crippen LogP contribution in [0.5, 0.6) is 0 Å². The number of halogens is 1. The molecule has 1 atom stereocenters. The lowest BCUT2D eigenvalue weighted by Gasteiger charge is -2.19. The Balaban J connectivity index is 2.03. The topological polar surface area (TPSA) is 29.9 Å².